The second-order valence-corrected chi connectivity index (χ2v) is 13.7. The zero-order chi connectivity index (χ0) is 30.4. The average molecular weight is 671 g/mol. The van der Waals surface area contributed by atoms with Crippen LogP contribution in [-0.4, -0.2) is 82.8 Å². The van der Waals surface area contributed by atoms with Crippen molar-refractivity contribution >= 4 is 73.3 Å². The SMILES string of the molecule is CN(C)C1(C)CN(c2nc3c(Cl)c(Br)c(Cl)cc3c(N[C@H]3CCN(C(=O)OC(C)(C)C)[C@H](CC#N)C3)c2[N+](=O)[O-])C1. The van der Waals surface area contributed by atoms with Gasteiger partial charge in [0.2, 0.25) is 5.82 Å². The Balaban J connectivity index is 1.76. The van der Waals surface area contributed by atoms with Crippen molar-refractivity contribution in [2.75, 3.05) is 43.9 Å². The monoisotopic (exact) mass is 669 g/mol. The lowest BCUT2D eigenvalue weighted by molar-refractivity contribution is -0.383. The quantitative estimate of drug-likeness (QED) is 0.210. The van der Waals surface area contributed by atoms with E-state index in [1.165, 1.54) is 0 Å². The maximum Gasteiger partial charge on any atom is 0.410 e. The molecule has 41 heavy (non-hydrogen) atoms. The van der Waals surface area contributed by atoms with E-state index in [0.717, 1.165) is 0 Å². The highest BCUT2D eigenvalue weighted by atomic mass is 79.9. The van der Waals surface area contributed by atoms with Gasteiger partial charge in [-0.3, -0.25) is 10.1 Å². The number of piperidine rings is 1. The summed E-state index contributed by atoms with van der Waals surface area (Å²) < 4.78 is 6.02. The van der Waals surface area contributed by atoms with Crippen molar-refractivity contribution in [3.63, 3.8) is 0 Å². The topological polar surface area (TPSA) is 128 Å². The molecule has 1 amide bonds. The number of pyridine rings is 1. The number of hydrogen-bond donors (Lipinski definition) is 1. The van der Waals surface area contributed by atoms with Gasteiger partial charge in [-0.05, 0) is 76.6 Å². The fourth-order valence-corrected chi connectivity index (χ4v) is 6.08. The van der Waals surface area contributed by atoms with Crippen LogP contribution in [0, 0.1) is 21.4 Å². The van der Waals surface area contributed by atoms with Crippen molar-refractivity contribution in [1.82, 2.24) is 14.8 Å². The molecular weight excluding hydrogens is 637 g/mol. The molecule has 0 aliphatic carbocycles. The van der Waals surface area contributed by atoms with Gasteiger partial charge in [-0.1, -0.05) is 23.2 Å². The summed E-state index contributed by atoms with van der Waals surface area (Å²) in [5, 5.41) is 26.5. The number of nitrogens with one attached hydrogen (secondary N) is 1. The minimum Gasteiger partial charge on any atom is -0.444 e. The molecule has 0 unspecified atom stereocenters. The normalized spacial score (nSPS) is 20.5. The van der Waals surface area contributed by atoms with Gasteiger partial charge in [0.25, 0.3) is 0 Å². The third-order valence-electron chi connectivity index (χ3n) is 7.72. The fraction of sp³-hybridized carbons (Fsp3) is 0.593. The molecule has 11 nitrogen and oxygen atoms in total. The van der Waals surface area contributed by atoms with Crippen LogP contribution in [0.5, 0.6) is 0 Å². The molecule has 14 heteroatoms. The number of hydrogen-bond acceptors (Lipinski definition) is 9. The van der Waals surface area contributed by atoms with Crippen molar-refractivity contribution in [1.29, 1.82) is 5.26 Å². The summed E-state index contributed by atoms with van der Waals surface area (Å²) in [6, 6.07) is 3.06. The van der Waals surface area contributed by atoms with Crippen LogP contribution in [-0.2, 0) is 4.74 Å². The van der Waals surface area contributed by atoms with Crippen LogP contribution in [0.1, 0.15) is 47.0 Å². The van der Waals surface area contributed by atoms with Gasteiger partial charge in [-0.25, -0.2) is 9.78 Å². The molecule has 222 valence electrons. The molecule has 2 fully saturated rings. The van der Waals surface area contributed by atoms with Crippen molar-refractivity contribution in [3.05, 3.63) is 30.7 Å². The number of anilines is 2. The number of amides is 1. The number of nitrogens with zero attached hydrogens (tertiary/aromatic N) is 6. The van der Waals surface area contributed by atoms with E-state index in [0.29, 0.717) is 52.9 Å². The van der Waals surface area contributed by atoms with Crippen molar-refractivity contribution in [2.45, 2.75) is 70.2 Å². The Morgan fingerprint density at radius 2 is 2.05 bits per heavy atom. The minimum absolute atomic E-state index is 0.101. The summed E-state index contributed by atoms with van der Waals surface area (Å²) in [5.41, 5.74) is -0.371. The molecule has 0 saturated carbocycles. The molecule has 2 aromatic rings. The van der Waals surface area contributed by atoms with Crippen LogP contribution in [0.15, 0.2) is 10.5 Å². The van der Waals surface area contributed by atoms with Gasteiger partial charge in [0.15, 0.2) is 0 Å². The lowest BCUT2D eigenvalue weighted by Crippen LogP contribution is -2.67. The van der Waals surface area contributed by atoms with Crippen molar-refractivity contribution in [2.24, 2.45) is 0 Å². The summed E-state index contributed by atoms with van der Waals surface area (Å²) in [6.45, 7) is 8.87. The van der Waals surface area contributed by atoms with E-state index in [2.05, 4.69) is 39.1 Å². The van der Waals surface area contributed by atoms with Gasteiger partial charge in [0.05, 0.1) is 43.0 Å². The molecule has 1 N–H and O–H groups in total. The summed E-state index contributed by atoms with van der Waals surface area (Å²) in [7, 11) is 3.95. The summed E-state index contributed by atoms with van der Waals surface area (Å²) in [4.78, 5) is 35.3. The first-order valence-electron chi connectivity index (χ1n) is 13.3. The number of carbonyl (C=O) groups is 1. The standard InChI is InChI=1S/C27H34BrCl2N7O4/c1-26(2,3)41-25(38)36-10-8-15(11-16(36)7-9-31)32-22-17-12-18(29)19(28)20(30)21(17)33-24(23(22)37(39)40)35-13-27(4,14-35)34(5)6/h12,15-16H,7-8,10-11,13-14H2,1-6H3,(H,32,33)/t15-,16+/m0/s1. The number of ether oxygens (including phenoxy) is 1. The molecule has 1 aromatic carbocycles. The maximum absolute atomic E-state index is 12.9. The first kappa shape index (κ1) is 31.3. The van der Waals surface area contributed by atoms with Gasteiger partial charge in [0.1, 0.15) is 11.3 Å². The number of rotatable bonds is 6. The fourth-order valence-electron chi connectivity index (χ4n) is 5.28. The molecule has 4 rings (SSSR count). The third-order valence-corrected chi connectivity index (χ3v) is 9.66. The van der Waals surface area contributed by atoms with E-state index >= 15 is 0 Å². The van der Waals surface area contributed by atoms with E-state index in [1.807, 2.05) is 19.0 Å². The number of benzene rings is 1. The Hall–Kier alpha value is -2.59. The Morgan fingerprint density at radius 1 is 1.39 bits per heavy atom. The Kier molecular flexibility index (Phi) is 8.86. The average Bonchev–Trinajstić information content (AvgIpc) is 2.84. The number of carbonyl (C=O) groups excluding carboxylic acids is 1. The summed E-state index contributed by atoms with van der Waals surface area (Å²) >= 11 is 16.5. The van der Waals surface area contributed by atoms with Gasteiger partial charge in [0, 0.05) is 37.1 Å². The van der Waals surface area contributed by atoms with Crippen LogP contribution >= 0.6 is 39.1 Å². The summed E-state index contributed by atoms with van der Waals surface area (Å²) in [6.07, 6.45) is 0.494. The molecular formula is C27H34BrCl2N7O4. The van der Waals surface area contributed by atoms with Gasteiger partial charge < -0.3 is 24.8 Å². The highest BCUT2D eigenvalue weighted by molar-refractivity contribution is 9.10. The van der Waals surface area contributed by atoms with E-state index < -0.39 is 22.7 Å². The number of nitriles is 1. The molecule has 3 heterocycles. The van der Waals surface area contributed by atoms with Crippen LogP contribution < -0.4 is 10.2 Å². The molecule has 2 aliphatic rings. The molecule has 1 aromatic heterocycles. The number of fused-ring (bicyclic) bond motifs is 1. The van der Waals surface area contributed by atoms with E-state index in [1.54, 1.807) is 31.7 Å². The van der Waals surface area contributed by atoms with Crippen molar-refractivity contribution < 1.29 is 14.5 Å². The second kappa shape index (κ2) is 11.6. The number of aromatic nitrogens is 1. The predicted octanol–water partition coefficient (Wildman–Crippen LogP) is 6.45. The zero-order valence-electron chi connectivity index (χ0n) is 23.9. The number of nitro groups is 1. The molecule has 2 atom stereocenters. The molecule has 0 spiro atoms. The lowest BCUT2D eigenvalue weighted by atomic mass is 9.90. The Morgan fingerprint density at radius 3 is 2.61 bits per heavy atom. The first-order chi connectivity index (χ1) is 19.1. The Labute approximate surface area is 258 Å². The zero-order valence-corrected chi connectivity index (χ0v) is 27.0. The van der Waals surface area contributed by atoms with E-state index in [4.69, 9.17) is 32.9 Å². The van der Waals surface area contributed by atoms with Crippen LogP contribution in [0.4, 0.5) is 22.0 Å². The highest BCUT2D eigenvalue weighted by Gasteiger charge is 2.45. The van der Waals surface area contributed by atoms with E-state index in [-0.39, 0.29) is 40.2 Å². The minimum atomic E-state index is -0.678. The van der Waals surface area contributed by atoms with Crippen molar-refractivity contribution in [3.8, 4) is 6.07 Å². The maximum atomic E-state index is 12.9. The van der Waals surface area contributed by atoms with Crippen LogP contribution in [0.25, 0.3) is 10.9 Å². The van der Waals surface area contributed by atoms with Gasteiger partial charge >= 0.3 is 11.8 Å². The molecule has 0 bridgehead atoms. The highest BCUT2D eigenvalue weighted by Crippen LogP contribution is 2.47. The second-order valence-electron chi connectivity index (χ2n) is 12.1. The predicted molar refractivity (Wildman–Crippen MR) is 164 cm³/mol. The Bertz CT molecular complexity index is 1420. The summed E-state index contributed by atoms with van der Waals surface area (Å²) in [5.74, 6) is 0.222. The van der Waals surface area contributed by atoms with Crippen LogP contribution in [0.2, 0.25) is 10.0 Å². The smallest absolute Gasteiger partial charge is 0.410 e. The first-order valence-corrected chi connectivity index (χ1v) is 14.8. The van der Waals surface area contributed by atoms with Crippen LogP contribution in [0.3, 0.4) is 0 Å². The van der Waals surface area contributed by atoms with Gasteiger partial charge in [-0.2, -0.15) is 5.26 Å². The van der Waals surface area contributed by atoms with E-state index in [9.17, 15) is 20.2 Å². The molecule has 2 saturated heterocycles. The molecule has 0 radical (unpaired) electrons. The molecule has 2 aliphatic heterocycles. The third kappa shape index (κ3) is 6.28. The number of likely N-dealkylation sites (N-methyl/N-ethyl adjacent to an activating group) is 1. The lowest BCUT2D eigenvalue weighted by Gasteiger charge is -2.52. The number of halogens is 3. The number of likely N-dealkylation sites (tertiary alicyclic amines) is 1. The van der Waals surface area contributed by atoms with Gasteiger partial charge in [-0.15, -0.1) is 0 Å². The largest absolute Gasteiger partial charge is 0.444 e.